The number of fused-ring (bicyclic) bond motifs is 2. The molecule has 10 nitrogen and oxygen atoms in total. The highest BCUT2D eigenvalue weighted by atomic mass is 16.5. The fourth-order valence-electron chi connectivity index (χ4n) is 4.93. The fourth-order valence-corrected chi connectivity index (χ4v) is 4.93. The van der Waals surface area contributed by atoms with Crippen molar-refractivity contribution in [1.29, 1.82) is 0 Å². The van der Waals surface area contributed by atoms with Gasteiger partial charge >= 0.3 is 0 Å². The Morgan fingerprint density at radius 1 is 0.952 bits per heavy atom. The molecule has 0 fully saturated rings. The minimum atomic E-state index is -0.975. The number of anilines is 2. The number of hydrogen-bond donors (Lipinski definition) is 2. The maximum absolute atomic E-state index is 14.3. The molecule has 0 radical (unpaired) electrons. The van der Waals surface area contributed by atoms with Crippen molar-refractivity contribution in [3.05, 3.63) is 71.8 Å². The summed E-state index contributed by atoms with van der Waals surface area (Å²) in [4.78, 5) is 44.0. The Balaban J connectivity index is 1.67. The SMILES string of the molecule is CNC(C)C(=O)NC1CN(C(=O)COCCOCCOC)c2ccccc2N(Cc2c(C)ccc3ccccc23)C1=O. The van der Waals surface area contributed by atoms with Crippen molar-refractivity contribution >= 4 is 39.9 Å². The van der Waals surface area contributed by atoms with Gasteiger partial charge in [0.05, 0.1) is 56.9 Å². The van der Waals surface area contributed by atoms with Gasteiger partial charge < -0.3 is 34.6 Å². The van der Waals surface area contributed by atoms with E-state index in [0.29, 0.717) is 31.2 Å². The molecule has 1 aliphatic rings. The molecule has 2 atom stereocenters. The van der Waals surface area contributed by atoms with Gasteiger partial charge in [-0.25, -0.2) is 0 Å². The first-order valence-electron chi connectivity index (χ1n) is 14.2. The summed E-state index contributed by atoms with van der Waals surface area (Å²) in [6, 6.07) is 18.0. The zero-order valence-corrected chi connectivity index (χ0v) is 24.7. The highest BCUT2D eigenvalue weighted by Gasteiger charge is 2.37. The van der Waals surface area contributed by atoms with Gasteiger partial charge in [0.2, 0.25) is 5.91 Å². The molecule has 0 aromatic heterocycles. The summed E-state index contributed by atoms with van der Waals surface area (Å²) < 4.78 is 16.0. The number of nitrogens with zero attached hydrogens (tertiary/aromatic N) is 2. The highest BCUT2D eigenvalue weighted by molar-refractivity contribution is 6.08. The number of methoxy groups -OCH3 is 1. The normalized spacial score (nSPS) is 15.8. The molecular weight excluding hydrogens is 536 g/mol. The summed E-state index contributed by atoms with van der Waals surface area (Å²) in [5.74, 6) is -0.953. The van der Waals surface area contributed by atoms with Crippen LogP contribution in [0.5, 0.6) is 0 Å². The molecule has 3 amide bonds. The van der Waals surface area contributed by atoms with Crippen molar-refractivity contribution in [1.82, 2.24) is 10.6 Å². The Morgan fingerprint density at radius 2 is 1.64 bits per heavy atom. The highest BCUT2D eigenvalue weighted by Crippen LogP contribution is 2.35. The topological polar surface area (TPSA) is 109 Å². The van der Waals surface area contributed by atoms with Crippen LogP contribution in [0.15, 0.2) is 60.7 Å². The van der Waals surface area contributed by atoms with E-state index in [9.17, 15) is 14.4 Å². The van der Waals surface area contributed by atoms with E-state index in [4.69, 9.17) is 14.2 Å². The van der Waals surface area contributed by atoms with Gasteiger partial charge in [-0.1, -0.05) is 48.5 Å². The number of nitrogens with one attached hydrogen (secondary N) is 2. The van der Waals surface area contributed by atoms with Crippen LogP contribution >= 0.6 is 0 Å². The minimum Gasteiger partial charge on any atom is -0.382 e. The third kappa shape index (κ3) is 7.32. The van der Waals surface area contributed by atoms with Crippen LogP contribution in [0.3, 0.4) is 0 Å². The van der Waals surface area contributed by atoms with Gasteiger partial charge in [0.25, 0.3) is 11.8 Å². The van der Waals surface area contributed by atoms with Gasteiger partial charge in [0, 0.05) is 7.11 Å². The van der Waals surface area contributed by atoms with E-state index < -0.39 is 12.1 Å². The molecule has 1 aliphatic heterocycles. The van der Waals surface area contributed by atoms with Crippen LogP contribution in [0, 0.1) is 6.92 Å². The molecule has 1 heterocycles. The largest absolute Gasteiger partial charge is 0.382 e. The van der Waals surface area contributed by atoms with Crippen LogP contribution in [-0.4, -0.2) is 83.5 Å². The molecule has 42 heavy (non-hydrogen) atoms. The van der Waals surface area contributed by atoms with Crippen LogP contribution in [0.1, 0.15) is 18.1 Å². The van der Waals surface area contributed by atoms with Crippen LogP contribution in [-0.2, 0) is 35.1 Å². The van der Waals surface area contributed by atoms with E-state index in [0.717, 1.165) is 21.9 Å². The van der Waals surface area contributed by atoms with Crippen molar-refractivity contribution in [2.75, 3.05) is 63.5 Å². The number of rotatable bonds is 13. The van der Waals surface area contributed by atoms with E-state index in [1.165, 1.54) is 4.90 Å². The van der Waals surface area contributed by atoms with Gasteiger partial charge in [-0.3, -0.25) is 14.4 Å². The summed E-state index contributed by atoms with van der Waals surface area (Å²) in [5.41, 5.74) is 3.21. The first-order chi connectivity index (χ1) is 20.3. The quantitative estimate of drug-likeness (QED) is 0.301. The number of aryl methyl sites for hydroxylation is 1. The summed E-state index contributed by atoms with van der Waals surface area (Å²) in [7, 11) is 3.28. The van der Waals surface area contributed by atoms with Crippen LogP contribution < -0.4 is 20.4 Å². The molecule has 0 spiro atoms. The number of carbonyl (C=O) groups is 3. The lowest BCUT2D eigenvalue weighted by Gasteiger charge is -2.27. The lowest BCUT2D eigenvalue weighted by atomic mass is 9.99. The lowest BCUT2D eigenvalue weighted by Crippen LogP contribution is -2.56. The Bertz CT molecular complexity index is 1400. The van der Waals surface area contributed by atoms with Crippen LogP contribution in [0.2, 0.25) is 0 Å². The number of benzene rings is 3. The number of carbonyl (C=O) groups excluding carboxylic acids is 3. The van der Waals surface area contributed by atoms with Crippen LogP contribution in [0.4, 0.5) is 11.4 Å². The summed E-state index contributed by atoms with van der Waals surface area (Å²) in [5, 5.41) is 7.91. The Morgan fingerprint density at radius 3 is 2.40 bits per heavy atom. The minimum absolute atomic E-state index is 0.0322. The van der Waals surface area contributed by atoms with Gasteiger partial charge in [-0.05, 0) is 54.9 Å². The van der Waals surface area contributed by atoms with E-state index in [-0.39, 0.29) is 44.0 Å². The zero-order valence-electron chi connectivity index (χ0n) is 24.7. The second-order valence-corrected chi connectivity index (χ2v) is 10.2. The van der Waals surface area contributed by atoms with E-state index in [1.54, 1.807) is 26.0 Å². The van der Waals surface area contributed by atoms with Crippen molar-refractivity contribution < 1.29 is 28.6 Å². The van der Waals surface area contributed by atoms with Crippen molar-refractivity contribution in [3.63, 3.8) is 0 Å². The maximum Gasteiger partial charge on any atom is 0.253 e. The number of hydrogen-bond acceptors (Lipinski definition) is 7. The molecule has 2 N–H and O–H groups in total. The number of likely N-dealkylation sites (N-methyl/N-ethyl adjacent to an activating group) is 1. The third-order valence-corrected chi connectivity index (χ3v) is 7.46. The van der Waals surface area contributed by atoms with Crippen molar-refractivity contribution in [2.45, 2.75) is 32.5 Å². The molecule has 4 rings (SSSR count). The average Bonchev–Trinajstić information content (AvgIpc) is 3.12. The molecule has 224 valence electrons. The van der Waals surface area contributed by atoms with Gasteiger partial charge in [-0.2, -0.15) is 0 Å². The Kier molecular flexibility index (Phi) is 11.0. The van der Waals surface area contributed by atoms with Crippen molar-refractivity contribution in [3.8, 4) is 0 Å². The predicted octanol–water partition coefficient (Wildman–Crippen LogP) is 2.80. The molecular formula is C32H40N4O6. The maximum atomic E-state index is 14.3. The molecule has 0 aliphatic carbocycles. The zero-order chi connectivity index (χ0) is 30.1. The van der Waals surface area contributed by atoms with Gasteiger partial charge in [-0.15, -0.1) is 0 Å². The first-order valence-corrected chi connectivity index (χ1v) is 14.2. The second-order valence-electron chi connectivity index (χ2n) is 10.2. The predicted molar refractivity (Wildman–Crippen MR) is 163 cm³/mol. The molecule has 3 aromatic carbocycles. The van der Waals surface area contributed by atoms with Gasteiger partial charge in [0.1, 0.15) is 12.6 Å². The first kappa shape index (κ1) is 31.1. The van der Waals surface area contributed by atoms with Crippen LogP contribution in [0.25, 0.3) is 10.8 Å². The summed E-state index contributed by atoms with van der Waals surface area (Å²) >= 11 is 0. The number of ether oxygens (including phenoxy) is 3. The monoisotopic (exact) mass is 576 g/mol. The van der Waals surface area contributed by atoms with E-state index in [2.05, 4.69) is 16.7 Å². The third-order valence-electron chi connectivity index (χ3n) is 7.46. The molecule has 2 unspecified atom stereocenters. The van der Waals surface area contributed by atoms with Gasteiger partial charge in [0.15, 0.2) is 0 Å². The Labute approximate surface area is 246 Å². The Hall–Kier alpha value is -3.83. The number of amides is 3. The molecule has 10 heteroatoms. The molecule has 3 aromatic rings. The lowest BCUT2D eigenvalue weighted by molar-refractivity contribution is -0.129. The molecule has 0 saturated heterocycles. The standard InChI is InChI=1S/C32H40N4O6/c1-22-13-14-24-9-5-6-10-25(24)26(22)19-36-29-12-8-7-11-28(29)35(30(37)21-42-18-17-41-16-15-40-4)20-27(32(36)39)34-31(38)23(2)33-3/h5-14,23,27,33H,15-21H2,1-4H3,(H,34,38). The van der Waals surface area contributed by atoms with Crippen molar-refractivity contribution in [2.24, 2.45) is 0 Å². The average molecular weight is 577 g/mol. The van der Waals surface area contributed by atoms with E-state index in [1.807, 2.05) is 61.5 Å². The molecule has 0 bridgehead atoms. The summed E-state index contributed by atoms with van der Waals surface area (Å²) in [6.45, 7) is 5.25. The molecule has 0 saturated carbocycles. The summed E-state index contributed by atoms with van der Waals surface area (Å²) in [6.07, 6.45) is 0. The second kappa shape index (κ2) is 14.9. The fraction of sp³-hybridized carbons (Fsp3) is 0.406. The van der Waals surface area contributed by atoms with E-state index >= 15 is 0 Å². The smallest absolute Gasteiger partial charge is 0.253 e. The number of para-hydroxylation sites is 2.